The largest absolute Gasteiger partial charge is 0.491 e. The van der Waals surface area contributed by atoms with Crippen LogP contribution in [0.3, 0.4) is 0 Å². The first-order valence-corrected chi connectivity index (χ1v) is 11.0. The Balaban J connectivity index is 1.24. The summed E-state index contributed by atoms with van der Waals surface area (Å²) < 4.78 is 5.80. The van der Waals surface area contributed by atoms with Gasteiger partial charge in [0.2, 0.25) is 5.91 Å². The number of rotatable bonds is 6. The molecule has 2 aromatic carbocycles. The van der Waals surface area contributed by atoms with Crippen molar-refractivity contribution < 1.29 is 14.6 Å². The number of anilines is 1. The summed E-state index contributed by atoms with van der Waals surface area (Å²) in [4.78, 5) is 13.9. The number of amides is 1. The second-order valence-corrected chi connectivity index (χ2v) is 8.70. The van der Waals surface area contributed by atoms with Gasteiger partial charge in [0.25, 0.3) is 0 Å². The summed E-state index contributed by atoms with van der Waals surface area (Å²) in [6, 6.07) is 12.4. The van der Waals surface area contributed by atoms with Crippen molar-refractivity contribution in [3.8, 4) is 5.75 Å². The average molecular weight is 409 g/mol. The number of hydrogen-bond donors (Lipinski definition) is 2. The fourth-order valence-corrected chi connectivity index (χ4v) is 4.63. The van der Waals surface area contributed by atoms with Gasteiger partial charge >= 0.3 is 0 Å². The number of piperidine rings is 1. The van der Waals surface area contributed by atoms with Crippen LogP contribution in [0.25, 0.3) is 0 Å². The minimum Gasteiger partial charge on any atom is -0.491 e. The van der Waals surface area contributed by atoms with Crippen LogP contribution in [0.2, 0.25) is 0 Å². The number of aliphatic hydroxyl groups excluding tert-OH is 1. The van der Waals surface area contributed by atoms with Crippen LogP contribution >= 0.6 is 0 Å². The molecule has 1 saturated heterocycles. The van der Waals surface area contributed by atoms with Gasteiger partial charge in [0, 0.05) is 24.7 Å². The van der Waals surface area contributed by atoms with E-state index in [1.807, 2.05) is 18.2 Å². The van der Waals surface area contributed by atoms with Crippen LogP contribution in [0.4, 0.5) is 5.69 Å². The molecule has 5 nitrogen and oxygen atoms in total. The topological polar surface area (TPSA) is 61.8 Å². The molecule has 1 amide bonds. The second kappa shape index (κ2) is 9.19. The van der Waals surface area contributed by atoms with Gasteiger partial charge in [0.05, 0.1) is 0 Å². The number of β-amino-alcohol motifs (C(OH)–C–C–N with tert-alkyl or cyclic N) is 1. The fraction of sp³-hybridized carbons (Fsp3) is 0.480. The molecule has 1 unspecified atom stereocenters. The van der Waals surface area contributed by atoms with Crippen molar-refractivity contribution in [1.82, 2.24) is 4.90 Å². The van der Waals surface area contributed by atoms with Crippen molar-refractivity contribution in [3.63, 3.8) is 0 Å². The van der Waals surface area contributed by atoms with E-state index in [0.29, 0.717) is 24.6 Å². The minimum absolute atomic E-state index is 0.0453. The molecule has 2 N–H and O–H groups in total. The lowest BCUT2D eigenvalue weighted by molar-refractivity contribution is -0.116. The second-order valence-electron chi connectivity index (χ2n) is 8.70. The smallest absolute Gasteiger partial charge is 0.224 e. The summed E-state index contributed by atoms with van der Waals surface area (Å²) in [7, 11) is 0. The predicted octanol–water partition coefficient (Wildman–Crippen LogP) is 3.81. The molecule has 2 heterocycles. The van der Waals surface area contributed by atoms with Gasteiger partial charge in [0.1, 0.15) is 18.5 Å². The van der Waals surface area contributed by atoms with Crippen LogP contribution < -0.4 is 10.1 Å². The highest BCUT2D eigenvalue weighted by atomic mass is 16.5. The monoisotopic (exact) mass is 408 g/mol. The van der Waals surface area contributed by atoms with Gasteiger partial charge in [-0.25, -0.2) is 0 Å². The van der Waals surface area contributed by atoms with E-state index >= 15 is 0 Å². The van der Waals surface area contributed by atoms with Gasteiger partial charge in [-0.05, 0) is 80.4 Å². The number of likely N-dealkylation sites (tertiary alicyclic amines) is 1. The Morgan fingerprint density at radius 2 is 1.97 bits per heavy atom. The highest BCUT2D eigenvalue weighted by Gasteiger charge is 2.23. The van der Waals surface area contributed by atoms with Crippen molar-refractivity contribution in [3.05, 3.63) is 58.7 Å². The lowest BCUT2D eigenvalue weighted by Gasteiger charge is -2.34. The molecule has 0 spiro atoms. The summed E-state index contributed by atoms with van der Waals surface area (Å²) in [5.41, 5.74) is 6.23. The van der Waals surface area contributed by atoms with Crippen molar-refractivity contribution in [1.29, 1.82) is 0 Å². The van der Waals surface area contributed by atoms with Crippen LogP contribution in [-0.2, 0) is 11.2 Å². The number of ether oxygens (including phenoxy) is 1. The van der Waals surface area contributed by atoms with Crippen molar-refractivity contribution >= 4 is 11.6 Å². The molecule has 30 heavy (non-hydrogen) atoms. The Morgan fingerprint density at radius 3 is 2.77 bits per heavy atom. The SMILES string of the molecule is Cc1cccc(C2CCN(CC(O)COc3ccc4c(c3)NC(=O)CC4)CC2)c1C. The van der Waals surface area contributed by atoms with E-state index in [1.54, 1.807) is 0 Å². The molecule has 2 aromatic rings. The molecule has 1 atom stereocenters. The lowest BCUT2D eigenvalue weighted by Crippen LogP contribution is -2.40. The van der Waals surface area contributed by atoms with E-state index in [2.05, 4.69) is 42.3 Å². The van der Waals surface area contributed by atoms with Gasteiger partial charge in [-0.15, -0.1) is 0 Å². The summed E-state index contributed by atoms with van der Waals surface area (Å²) >= 11 is 0. The average Bonchev–Trinajstić information content (AvgIpc) is 2.74. The molecule has 4 rings (SSSR count). The summed E-state index contributed by atoms with van der Waals surface area (Å²) in [5, 5.41) is 13.4. The molecular formula is C25H32N2O3. The van der Waals surface area contributed by atoms with E-state index in [9.17, 15) is 9.90 Å². The first-order chi connectivity index (χ1) is 14.5. The molecule has 5 heteroatoms. The fourth-order valence-electron chi connectivity index (χ4n) is 4.63. The van der Waals surface area contributed by atoms with E-state index in [1.165, 1.54) is 16.7 Å². The molecule has 0 radical (unpaired) electrons. The van der Waals surface area contributed by atoms with Crippen LogP contribution in [-0.4, -0.2) is 48.3 Å². The normalized spacial score (nSPS) is 18.6. The van der Waals surface area contributed by atoms with Gasteiger partial charge in [-0.1, -0.05) is 24.3 Å². The zero-order chi connectivity index (χ0) is 21.1. The lowest BCUT2D eigenvalue weighted by atomic mass is 9.85. The molecule has 0 bridgehead atoms. The molecule has 2 aliphatic rings. The number of nitrogens with zero attached hydrogens (tertiary/aromatic N) is 1. The molecule has 1 fully saturated rings. The quantitative estimate of drug-likeness (QED) is 0.763. The van der Waals surface area contributed by atoms with E-state index in [-0.39, 0.29) is 12.5 Å². The van der Waals surface area contributed by atoms with E-state index in [4.69, 9.17) is 4.74 Å². The van der Waals surface area contributed by atoms with Crippen LogP contribution in [0, 0.1) is 13.8 Å². The maximum Gasteiger partial charge on any atom is 0.224 e. The summed E-state index contributed by atoms with van der Waals surface area (Å²) in [5.74, 6) is 1.34. The number of benzene rings is 2. The third kappa shape index (κ3) is 4.85. The Bertz CT molecular complexity index is 903. The predicted molar refractivity (Wildman–Crippen MR) is 119 cm³/mol. The zero-order valence-electron chi connectivity index (χ0n) is 18.0. The van der Waals surface area contributed by atoms with E-state index < -0.39 is 6.10 Å². The molecular weight excluding hydrogens is 376 g/mol. The van der Waals surface area contributed by atoms with E-state index in [0.717, 1.165) is 43.6 Å². The molecule has 160 valence electrons. The number of nitrogens with one attached hydrogen (secondary N) is 1. The van der Waals surface area contributed by atoms with Gasteiger partial charge in [-0.2, -0.15) is 0 Å². The van der Waals surface area contributed by atoms with Crippen molar-refractivity contribution in [2.45, 2.75) is 51.6 Å². The van der Waals surface area contributed by atoms with Crippen molar-refractivity contribution in [2.24, 2.45) is 0 Å². The van der Waals surface area contributed by atoms with Gasteiger partial charge in [0.15, 0.2) is 0 Å². The first-order valence-electron chi connectivity index (χ1n) is 11.0. The molecule has 0 saturated carbocycles. The van der Waals surface area contributed by atoms with Crippen LogP contribution in [0.15, 0.2) is 36.4 Å². The maximum absolute atomic E-state index is 11.6. The van der Waals surface area contributed by atoms with Gasteiger partial charge in [-0.3, -0.25) is 4.79 Å². The Hall–Kier alpha value is -2.37. The molecule has 0 aromatic heterocycles. The van der Waals surface area contributed by atoms with Crippen LogP contribution in [0.5, 0.6) is 5.75 Å². The minimum atomic E-state index is -0.534. The third-order valence-corrected chi connectivity index (χ3v) is 6.56. The number of carbonyl (C=O) groups excluding carboxylic acids is 1. The van der Waals surface area contributed by atoms with Gasteiger partial charge < -0.3 is 20.1 Å². The first kappa shape index (κ1) is 20.9. The summed E-state index contributed by atoms with van der Waals surface area (Å²) in [6.45, 7) is 7.29. The highest BCUT2D eigenvalue weighted by molar-refractivity contribution is 5.94. The Morgan fingerprint density at radius 1 is 1.17 bits per heavy atom. The Labute approximate surface area is 179 Å². The van der Waals surface area contributed by atoms with Crippen molar-refractivity contribution in [2.75, 3.05) is 31.6 Å². The number of hydrogen-bond acceptors (Lipinski definition) is 4. The number of aryl methyl sites for hydroxylation is 2. The number of carbonyl (C=O) groups is 1. The molecule has 0 aliphatic carbocycles. The zero-order valence-corrected chi connectivity index (χ0v) is 18.0. The van der Waals surface area contributed by atoms with Crippen LogP contribution in [0.1, 0.15) is 47.4 Å². The maximum atomic E-state index is 11.6. The third-order valence-electron chi connectivity index (χ3n) is 6.56. The number of fused-ring (bicyclic) bond motifs is 1. The number of aliphatic hydroxyl groups is 1. The standard InChI is InChI=1S/C25H32N2O3/c1-17-4-3-5-23(18(17)2)19-10-12-27(13-11-19)15-21(28)16-30-22-8-6-20-7-9-25(29)26-24(20)14-22/h3-6,8,14,19,21,28H,7,9-13,15-16H2,1-2H3,(H,26,29). The molecule has 2 aliphatic heterocycles. The Kier molecular flexibility index (Phi) is 6.40. The summed E-state index contributed by atoms with van der Waals surface area (Å²) in [6.07, 6.45) is 3.02. The highest BCUT2D eigenvalue weighted by Crippen LogP contribution is 2.31.